The first-order valence-corrected chi connectivity index (χ1v) is 8.36. The molecule has 0 radical (unpaired) electrons. The van der Waals surface area contributed by atoms with Crippen molar-refractivity contribution in [3.05, 3.63) is 47.8 Å². The number of rotatable bonds is 4. The molecule has 0 spiro atoms. The number of guanidine groups is 1. The van der Waals surface area contributed by atoms with Gasteiger partial charge in [-0.05, 0) is 31.0 Å². The molecular formula is C17H16F3N3OS. The lowest BCUT2D eigenvalue weighted by Crippen LogP contribution is -2.30. The topological polar surface area (TPSA) is 45.6 Å². The molecule has 1 atom stereocenters. The van der Waals surface area contributed by atoms with Gasteiger partial charge in [-0.25, -0.2) is 18.2 Å². The van der Waals surface area contributed by atoms with Crippen LogP contribution < -0.4 is 10.0 Å². The number of anilines is 1. The monoisotopic (exact) mass is 367 g/mol. The summed E-state index contributed by atoms with van der Waals surface area (Å²) in [7, 11) is 1.59. The van der Waals surface area contributed by atoms with Gasteiger partial charge in [-0.2, -0.15) is 0 Å². The number of nitrogens with zero attached hydrogens (tertiary/aromatic N) is 1. The van der Waals surface area contributed by atoms with Crippen molar-refractivity contribution in [2.45, 2.75) is 17.9 Å². The zero-order valence-corrected chi connectivity index (χ0v) is 14.4. The Morgan fingerprint density at radius 3 is 2.76 bits per heavy atom. The third-order valence-electron chi connectivity index (χ3n) is 3.72. The Morgan fingerprint density at radius 1 is 1.20 bits per heavy atom. The number of aliphatic imine (C=N–C) groups is 1. The number of hydrogen-bond acceptors (Lipinski definition) is 3. The van der Waals surface area contributed by atoms with Gasteiger partial charge in [0.15, 0.2) is 11.6 Å². The van der Waals surface area contributed by atoms with Crippen LogP contribution >= 0.6 is 11.9 Å². The molecule has 3 rings (SSSR count). The summed E-state index contributed by atoms with van der Waals surface area (Å²) in [6.45, 7) is 2.30. The highest BCUT2D eigenvalue weighted by molar-refractivity contribution is 7.98. The van der Waals surface area contributed by atoms with Gasteiger partial charge in [0.1, 0.15) is 5.82 Å². The van der Waals surface area contributed by atoms with Crippen molar-refractivity contribution in [2.24, 2.45) is 4.99 Å². The zero-order valence-electron chi connectivity index (χ0n) is 13.6. The van der Waals surface area contributed by atoms with Gasteiger partial charge in [0.2, 0.25) is 5.96 Å². The van der Waals surface area contributed by atoms with Crippen molar-refractivity contribution >= 4 is 23.6 Å². The van der Waals surface area contributed by atoms with Crippen LogP contribution in [0.15, 0.2) is 40.2 Å². The molecule has 2 N–H and O–H groups in total. The smallest absolute Gasteiger partial charge is 0.206 e. The summed E-state index contributed by atoms with van der Waals surface area (Å²) in [6.07, 6.45) is -0.0625. The normalized spacial score (nSPS) is 16.1. The lowest BCUT2D eigenvalue weighted by molar-refractivity contribution is 0.125. The van der Waals surface area contributed by atoms with Gasteiger partial charge in [0, 0.05) is 24.3 Å². The van der Waals surface area contributed by atoms with Crippen molar-refractivity contribution in [3.8, 4) is 11.1 Å². The fraction of sp³-hybridized carbons (Fsp3) is 0.235. The molecule has 1 heterocycles. The molecule has 0 saturated carbocycles. The number of benzene rings is 2. The van der Waals surface area contributed by atoms with Crippen LogP contribution in [0.25, 0.3) is 11.1 Å². The van der Waals surface area contributed by atoms with E-state index in [4.69, 9.17) is 4.74 Å². The van der Waals surface area contributed by atoms with Crippen LogP contribution in [0, 0.1) is 17.5 Å². The van der Waals surface area contributed by atoms with E-state index < -0.39 is 17.5 Å². The van der Waals surface area contributed by atoms with E-state index >= 15 is 0 Å². The van der Waals surface area contributed by atoms with Crippen molar-refractivity contribution in [1.29, 1.82) is 0 Å². The van der Waals surface area contributed by atoms with E-state index in [1.54, 1.807) is 19.2 Å². The van der Waals surface area contributed by atoms with Gasteiger partial charge < -0.3 is 10.1 Å². The first-order valence-electron chi connectivity index (χ1n) is 7.54. The lowest BCUT2D eigenvalue weighted by Gasteiger charge is -2.23. The Balaban J connectivity index is 2.00. The Labute approximate surface area is 147 Å². The molecule has 8 heteroatoms. The fourth-order valence-corrected chi connectivity index (χ4v) is 3.07. The van der Waals surface area contributed by atoms with E-state index in [0.717, 1.165) is 11.0 Å². The van der Waals surface area contributed by atoms with E-state index in [0.29, 0.717) is 29.8 Å². The van der Waals surface area contributed by atoms with Gasteiger partial charge in [0.25, 0.3) is 0 Å². The molecule has 25 heavy (non-hydrogen) atoms. The Bertz CT molecular complexity index is 829. The van der Waals surface area contributed by atoms with Crippen molar-refractivity contribution < 1.29 is 17.9 Å². The maximum atomic E-state index is 14.2. The predicted octanol–water partition coefficient (Wildman–Crippen LogP) is 4.18. The molecule has 2 aromatic carbocycles. The molecular weight excluding hydrogens is 351 g/mol. The number of fused-ring (bicyclic) bond motifs is 1. The second-order valence-corrected chi connectivity index (χ2v) is 6.34. The highest BCUT2D eigenvalue weighted by atomic mass is 32.2. The molecule has 0 saturated heterocycles. The Kier molecular flexibility index (Phi) is 5.19. The number of halogens is 3. The van der Waals surface area contributed by atoms with E-state index in [-0.39, 0.29) is 11.7 Å². The number of methoxy groups -OCH3 is 1. The Hall–Kier alpha value is -2.19. The molecule has 132 valence electrons. The summed E-state index contributed by atoms with van der Waals surface area (Å²) >= 11 is 1.29. The molecule has 1 aliphatic heterocycles. The Morgan fingerprint density at radius 2 is 2.00 bits per heavy atom. The maximum Gasteiger partial charge on any atom is 0.206 e. The lowest BCUT2D eigenvalue weighted by atomic mass is 10.0. The molecule has 4 nitrogen and oxygen atoms in total. The van der Waals surface area contributed by atoms with E-state index in [1.165, 1.54) is 11.9 Å². The van der Waals surface area contributed by atoms with Crippen molar-refractivity contribution in [3.63, 3.8) is 0 Å². The number of para-hydroxylation sites is 1. The third-order valence-corrected chi connectivity index (χ3v) is 4.57. The minimum Gasteiger partial charge on any atom is -0.380 e. The minimum absolute atomic E-state index is 0.0625. The quantitative estimate of drug-likeness (QED) is 0.629. The predicted molar refractivity (Wildman–Crippen MR) is 93.1 cm³/mol. The molecule has 2 aromatic rings. The summed E-state index contributed by atoms with van der Waals surface area (Å²) in [5, 5.41) is 3.06. The first kappa shape index (κ1) is 17.6. The van der Waals surface area contributed by atoms with Crippen LogP contribution in [0.5, 0.6) is 0 Å². The van der Waals surface area contributed by atoms with Crippen LogP contribution in [-0.2, 0) is 4.74 Å². The van der Waals surface area contributed by atoms with Gasteiger partial charge >= 0.3 is 0 Å². The van der Waals surface area contributed by atoms with Crippen molar-refractivity contribution in [1.82, 2.24) is 4.72 Å². The summed E-state index contributed by atoms with van der Waals surface area (Å²) in [6, 6.07) is 6.61. The zero-order chi connectivity index (χ0) is 18.0. The van der Waals surface area contributed by atoms with Crippen LogP contribution in [0.2, 0.25) is 0 Å². The van der Waals surface area contributed by atoms with E-state index in [2.05, 4.69) is 15.0 Å². The SMILES string of the molecule is CO[C@H](C)CN=C1NSc2cccc(-c3cc(F)cc(F)c3F)c2N1. The molecule has 0 amide bonds. The number of nitrogens with one attached hydrogen (secondary N) is 2. The number of ether oxygens (including phenoxy) is 1. The van der Waals surface area contributed by atoms with E-state index in [1.807, 2.05) is 13.0 Å². The number of hydrogen-bond donors (Lipinski definition) is 2. The minimum atomic E-state index is -1.22. The molecule has 0 unspecified atom stereocenters. The molecule has 0 aliphatic carbocycles. The second-order valence-electron chi connectivity index (χ2n) is 5.49. The van der Waals surface area contributed by atoms with Crippen LogP contribution in [0.3, 0.4) is 0 Å². The average molecular weight is 367 g/mol. The summed E-state index contributed by atoms with van der Waals surface area (Å²) in [5.41, 5.74) is 0.753. The van der Waals surface area contributed by atoms with Gasteiger partial charge in [-0.3, -0.25) is 4.72 Å². The van der Waals surface area contributed by atoms with Crippen LogP contribution in [0.4, 0.5) is 18.9 Å². The third kappa shape index (κ3) is 3.74. The first-order chi connectivity index (χ1) is 12.0. The highest BCUT2D eigenvalue weighted by Crippen LogP contribution is 2.39. The van der Waals surface area contributed by atoms with Gasteiger partial charge in [-0.15, -0.1) is 0 Å². The molecule has 0 bridgehead atoms. The van der Waals surface area contributed by atoms with Crippen LogP contribution in [-0.4, -0.2) is 25.7 Å². The van der Waals surface area contributed by atoms with Crippen LogP contribution in [0.1, 0.15) is 6.92 Å². The van der Waals surface area contributed by atoms with E-state index in [9.17, 15) is 13.2 Å². The summed E-state index contributed by atoms with van der Waals surface area (Å²) in [5.74, 6) is -2.69. The average Bonchev–Trinajstić information content (AvgIpc) is 2.62. The molecule has 0 aromatic heterocycles. The summed E-state index contributed by atoms with van der Waals surface area (Å²) < 4.78 is 49.5. The highest BCUT2D eigenvalue weighted by Gasteiger charge is 2.21. The second kappa shape index (κ2) is 7.37. The fourth-order valence-electron chi connectivity index (χ4n) is 2.33. The van der Waals surface area contributed by atoms with Gasteiger partial charge in [0.05, 0.1) is 23.2 Å². The largest absolute Gasteiger partial charge is 0.380 e. The van der Waals surface area contributed by atoms with Crippen molar-refractivity contribution in [2.75, 3.05) is 19.0 Å². The molecule has 0 fully saturated rings. The van der Waals surface area contributed by atoms with Gasteiger partial charge in [-0.1, -0.05) is 12.1 Å². The summed E-state index contributed by atoms with van der Waals surface area (Å²) in [4.78, 5) is 5.12. The standard InChI is InChI=1S/C17H16F3N3OS/c1-9(24-2)8-21-17-22-16-11(4-3-5-14(16)25-23-17)12-6-10(18)7-13(19)15(12)20/h3-7,9H,8H2,1-2H3,(H2,21,22,23)/t9-/m1/s1. The maximum absolute atomic E-state index is 14.2. The molecule has 1 aliphatic rings.